The quantitative estimate of drug-likeness (QED) is 0.458. The average Bonchev–Trinajstić information content (AvgIpc) is 2.72. The topological polar surface area (TPSA) is 82.0 Å². The minimum Gasteiger partial charge on any atom is -0.462 e. The number of hydrogen-bond donors (Lipinski definition) is 0. The van der Waals surface area contributed by atoms with E-state index in [1.54, 1.807) is 12.1 Å². The summed E-state index contributed by atoms with van der Waals surface area (Å²) >= 11 is 0. The molecule has 1 unspecified atom stereocenters. The number of esters is 2. The smallest absolute Gasteiger partial charge is 0.315 e. The molecule has 33 heavy (non-hydrogen) atoms. The first-order valence-electron chi connectivity index (χ1n) is 11.9. The maximum atomic E-state index is 13.5. The van der Waals surface area contributed by atoms with Gasteiger partial charge in [0.2, 0.25) is 0 Å². The lowest BCUT2D eigenvalue weighted by Gasteiger charge is -2.39. The van der Waals surface area contributed by atoms with Crippen LogP contribution in [0.25, 0.3) is 0 Å². The number of ketones is 1. The fraction of sp³-hybridized carbons (Fsp3) is 0.556. The Morgan fingerprint density at radius 3 is 2.33 bits per heavy atom. The first-order valence-corrected chi connectivity index (χ1v) is 11.9. The number of aliphatic imine (C=N–C) groups is 1. The van der Waals surface area contributed by atoms with Crippen molar-refractivity contribution >= 4 is 23.4 Å². The van der Waals surface area contributed by atoms with Gasteiger partial charge in [0.05, 0.1) is 0 Å². The fourth-order valence-electron chi connectivity index (χ4n) is 5.44. The number of carbonyl (C=O) groups is 3. The second-order valence-corrected chi connectivity index (χ2v) is 10.4. The van der Waals surface area contributed by atoms with Gasteiger partial charge in [0.15, 0.2) is 5.78 Å². The van der Waals surface area contributed by atoms with Crippen molar-refractivity contribution in [3.63, 3.8) is 0 Å². The molecule has 1 saturated carbocycles. The Balaban J connectivity index is 1.72. The Morgan fingerprint density at radius 1 is 1.03 bits per heavy atom. The van der Waals surface area contributed by atoms with Gasteiger partial charge in [-0.25, -0.2) is 0 Å². The summed E-state index contributed by atoms with van der Waals surface area (Å²) in [6, 6.07) is 7.08. The van der Waals surface area contributed by atoms with Crippen LogP contribution >= 0.6 is 0 Å². The van der Waals surface area contributed by atoms with E-state index < -0.39 is 17.8 Å². The van der Waals surface area contributed by atoms with Crippen molar-refractivity contribution < 1.29 is 23.9 Å². The number of nitrogens with zero attached hydrogens (tertiary/aromatic N) is 1. The molecule has 6 nitrogen and oxygen atoms in total. The molecular formula is C27H33NO5. The van der Waals surface area contributed by atoms with Gasteiger partial charge in [-0.15, -0.1) is 0 Å². The third-order valence-electron chi connectivity index (χ3n) is 6.89. The molecule has 1 aromatic carbocycles. The molecule has 1 aromatic rings. The summed E-state index contributed by atoms with van der Waals surface area (Å²) in [4.78, 5) is 42.9. The molecule has 0 radical (unpaired) electrons. The molecule has 3 aliphatic rings. The predicted octanol–water partition coefficient (Wildman–Crippen LogP) is 5.31. The van der Waals surface area contributed by atoms with E-state index in [4.69, 9.17) is 14.5 Å². The Morgan fingerprint density at radius 2 is 1.70 bits per heavy atom. The fourth-order valence-corrected chi connectivity index (χ4v) is 5.44. The molecule has 0 amide bonds. The van der Waals surface area contributed by atoms with Crippen LogP contribution in [0.15, 0.2) is 40.5 Å². The lowest BCUT2D eigenvalue weighted by molar-refractivity contribution is -0.153. The molecule has 0 aromatic heterocycles. The predicted molar refractivity (Wildman–Crippen MR) is 125 cm³/mol. The molecule has 1 fully saturated rings. The van der Waals surface area contributed by atoms with Crippen molar-refractivity contribution in [2.24, 2.45) is 16.3 Å². The van der Waals surface area contributed by atoms with Crippen molar-refractivity contribution in [3.8, 4) is 5.75 Å². The highest BCUT2D eigenvalue weighted by molar-refractivity contribution is 6.09. The first kappa shape index (κ1) is 23.4. The van der Waals surface area contributed by atoms with Crippen LogP contribution < -0.4 is 4.74 Å². The van der Waals surface area contributed by atoms with E-state index in [0.29, 0.717) is 29.9 Å². The van der Waals surface area contributed by atoms with Crippen LogP contribution in [-0.2, 0) is 19.1 Å². The molecule has 1 heterocycles. The van der Waals surface area contributed by atoms with E-state index in [-0.39, 0.29) is 23.3 Å². The van der Waals surface area contributed by atoms with Crippen LogP contribution in [0.2, 0.25) is 0 Å². The van der Waals surface area contributed by atoms with Crippen molar-refractivity contribution in [1.82, 2.24) is 0 Å². The summed E-state index contributed by atoms with van der Waals surface area (Å²) in [5, 5.41) is 0. The molecule has 1 aliphatic heterocycles. The molecule has 176 valence electrons. The summed E-state index contributed by atoms with van der Waals surface area (Å²) in [7, 11) is 0. The van der Waals surface area contributed by atoms with E-state index in [1.807, 2.05) is 19.1 Å². The van der Waals surface area contributed by atoms with Gasteiger partial charge in [-0.3, -0.25) is 19.4 Å². The molecule has 2 atom stereocenters. The summed E-state index contributed by atoms with van der Waals surface area (Å²) in [5.74, 6) is -1.33. The number of hydrogen-bond acceptors (Lipinski definition) is 6. The molecule has 6 heteroatoms. The number of Topliss-reactive ketones (excluding diaryl/α,β-unsaturated/α-hetero) is 1. The molecular weight excluding hydrogens is 418 g/mol. The van der Waals surface area contributed by atoms with Crippen molar-refractivity contribution in [2.75, 3.05) is 0 Å². The van der Waals surface area contributed by atoms with Gasteiger partial charge < -0.3 is 9.47 Å². The van der Waals surface area contributed by atoms with Gasteiger partial charge in [0.25, 0.3) is 0 Å². The molecule has 0 spiro atoms. The highest BCUT2D eigenvalue weighted by Crippen LogP contribution is 2.48. The Bertz CT molecular complexity index is 1010. The third-order valence-corrected chi connectivity index (χ3v) is 6.89. The van der Waals surface area contributed by atoms with Gasteiger partial charge in [0, 0.05) is 36.2 Å². The zero-order valence-electron chi connectivity index (χ0n) is 20.0. The molecule has 2 aliphatic carbocycles. The van der Waals surface area contributed by atoms with E-state index >= 15 is 0 Å². The van der Waals surface area contributed by atoms with E-state index in [2.05, 4.69) is 13.8 Å². The number of ether oxygens (including phenoxy) is 2. The lowest BCUT2D eigenvalue weighted by Crippen LogP contribution is -2.40. The summed E-state index contributed by atoms with van der Waals surface area (Å²) in [6.45, 7) is 7.37. The largest absolute Gasteiger partial charge is 0.462 e. The van der Waals surface area contributed by atoms with Gasteiger partial charge >= 0.3 is 11.9 Å². The Labute approximate surface area is 195 Å². The normalized spacial score (nSPS) is 25.2. The maximum absolute atomic E-state index is 13.5. The SMILES string of the molecule is CC(=O)Oc1ccc([C@@H]2C3=C(CC(C)(C)CC3=O)N=C(C)C2C(=O)OC2CCCCC2)cc1. The van der Waals surface area contributed by atoms with Crippen LogP contribution in [0.5, 0.6) is 5.75 Å². The van der Waals surface area contributed by atoms with Crippen LogP contribution in [0, 0.1) is 11.3 Å². The number of carbonyl (C=O) groups excluding carboxylic acids is 3. The van der Waals surface area contributed by atoms with Gasteiger partial charge in [-0.05, 0) is 62.1 Å². The summed E-state index contributed by atoms with van der Waals surface area (Å²) in [5.41, 5.74) is 2.76. The molecule has 0 N–H and O–H groups in total. The maximum Gasteiger partial charge on any atom is 0.315 e. The van der Waals surface area contributed by atoms with Crippen molar-refractivity contribution in [3.05, 3.63) is 41.1 Å². The number of benzene rings is 1. The van der Waals surface area contributed by atoms with E-state index in [9.17, 15) is 14.4 Å². The van der Waals surface area contributed by atoms with Crippen molar-refractivity contribution in [2.45, 2.75) is 84.7 Å². The summed E-state index contributed by atoms with van der Waals surface area (Å²) < 4.78 is 11.1. The first-order chi connectivity index (χ1) is 15.6. The second-order valence-electron chi connectivity index (χ2n) is 10.4. The molecule has 0 bridgehead atoms. The Kier molecular flexibility index (Phi) is 6.55. The number of rotatable bonds is 4. The monoisotopic (exact) mass is 451 g/mol. The second kappa shape index (κ2) is 9.24. The van der Waals surface area contributed by atoms with E-state index in [0.717, 1.165) is 36.9 Å². The van der Waals surface area contributed by atoms with Crippen LogP contribution in [0.3, 0.4) is 0 Å². The van der Waals surface area contributed by atoms with Crippen LogP contribution in [-0.4, -0.2) is 29.5 Å². The van der Waals surface area contributed by atoms with Gasteiger partial charge in [0.1, 0.15) is 17.8 Å². The Hall–Kier alpha value is -2.76. The van der Waals surface area contributed by atoms with Crippen LogP contribution in [0.4, 0.5) is 0 Å². The third kappa shape index (κ3) is 5.10. The van der Waals surface area contributed by atoms with Gasteiger partial charge in [-0.2, -0.15) is 0 Å². The number of allylic oxidation sites excluding steroid dienone is 2. The van der Waals surface area contributed by atoms with Crippen LogP contribution in [0.1, 0.15) is 84.1 Å². The summed E-state index contributed by atoms with van der Waals surface area (Å²) in [6.07, 6.45) is 6.14. The zero-order valence-corrected chi connectivity index (χ0v) is 20.0. The highest BCUT2D eigenvalue weighted by Gasteiger charge is 2.46. The highest BCUT2D eigenvalue weighted by atomic mass is 16.5. The average molecular weight is 452 g/mol. The zero-order chi connectivity index (χ0) is 23.8. The minimum atomic E-state index is -0.643. The standard InChI is InChI=1S/C27H33NO5/c1-16-23(26(31)33-19-8-6-5-7-9-19)24(18-10-12-20(13-11-18)32-17(2)29)25-21(28-16)14-27(3,4)15-22(25)30/h10-13,19,23-24H,5-9,14-15H2,1-4H3/t23?,24-/m0/s1. The minimum absolute atomic E-state index is 0.0435. The molecule has 4 rings (SSSR count). The van der Waals surface area contributed by atoms with Gasteiger partial charge in [-0.1, -0.05) is 32.4 Å². The molecule has 0 saturated heterocycles. The van der Waals surface area contributed by atoms with E-state index in [1.165, 1.54) is 13.3 Å². The van der Waals surface area contributed by atoms with Crippen molar-refractivity contribution in [1.29, 1.82) is 0 Å². The lowest BCUT2D eigenvalue weighted by atomic mass is 9.67.